The van der Waals surface area contributed by atoms with E-state index in [0.717, 1.165) is 22.5 Å². The third-order valence-corrected chi connectivity index (χ3v) is 5.65. The van der Waals surface area contributed by atoms with Gasteiger partial charge < -0.3 is 15.0 Å². The Morgan fingerprint density at radius 3 is 2.34 bits per heavy atom. The topological polar surface area (TPSA) is 59.4 Å². The van der Waals surface area contributed by atoms with Gasteiger partial charge in [0.15, 0.2) is 0 Å². The van der Waals surface area contributed by atoms with Gasteiger partial charge in [0.2, 0.25) is 5.88 Å². The molecule has 1 aromatic heterocycles. The summed E-state index contributed by atoms with van der Waals surface area (Å²) in [4.78, 5) is 15.0. The van der Waals surface area contributed by atoms with Crippen molar-refractivity contribution in [2.24, 2.45) is 0 Å². The van der Waals surface area contributed by atoms with Gasteiger partial charge in [-0.25, -0.2) is 9.48 Å². The van der Waals surface area contributed by atoms with Crippen molar-refractivity contribution in [2.45, 2.75) is 39.9 Å². The summed E-state index contributed by atoms with van der Waals surface area (Å²) in [5, 5.41) is 8.39. The highest BCUT2D eigenvalue weighted by Gasteiger charge is 2.24. The first-order valence-electron chi connectivity index (χ1n) is 11.6. The van der Waals surface area contributed by atoms with E-state index in [0.29, 0.717) is 29.7 Å². The normalized spacial score (nSPS) is 10.9. The second-order valence-corrected chi connectivity index (χ2v) is 9.06. The summed E-state index contributed by atoms with van der Waals surface area (Å²) in [6.45, 7) is 6.60. The molecule has 1 heterocycles. The number of amides is 2. The number of nitrogens with one attached hydrogen (secondary N) is 1. The van der Waals surface area contributed by atoms with Crippen molar-refractivity contribution in [3.63, 3.8) is 0 Å². The molecule has 0 aliphatic heterocycles. The fourth-order valence-electron chi connectivity index (χ4n) is 3.74. The number of carbonyl (C=O) groups excluding carboxylic acids is 1. The smallest absolute Gasteiger partial charge is 0.318 e. The Labute approximate surface area is 211 Å². The molecule has 4 aromatic rings. The molecule has 3 aromatic carbocycles. The highest BCUT2D eigenvalue weighted by molar-refractivity contribution is 6.30. The monoisotopic (exact) mass is 488 g/mol. The number of aryl methyl sites for hydroxylation is 1. The van der Waals surface area contributed by atoms with Crippen LogP contribution in [0.1, 0.15) is 30.7 Å². The van der Waals surface area contributed by atoms with E-state index in [1.54, 1.807) is 9.58 Å². The molecule has 0 unspecified atom stereocenters. The number of aromatic nitrogens is 2. The summed E-state index contributed by atoms with van der Waals surface area (Å²) >= 11 is 6.28. The minimum Gasteiger partial charge on any atom is -0.439 e. The molecule has 1 N–H and O–H groups in total. The fraction of sp³-hybridized carbons (Fsp3) is 0.214. The standard InChI is InChI=1S/C28H29ClN4O2/c1-20(2)30-28(34)32(18-22-11-6-4-7-12-22)19-26-21(3)31-33(24-14-10-13-23(29)17-24)27(26)35-25-15-8-5-9-16-25/h4-17,20H,18-19H2,1-3H3,(H,30,34). The molecule has 0 spiro atoms. The van der Waals surface area contributed by atoms with Crippen LogP contribution in [-0.4, -0.2) is 26.8 Å². The van der Waals surface area contributed by atoms with E-state index in [4.69, 9.17) is 21.4 Å². The summed E-state index contributed by atoms with van der Waals surface area (Å²) in [5.41, 5.74) is 3.41. The fourth-order valence-corrected chi connectivity index (χ4v) is 3.93. The van der Waals surface area contributed by atoms with Gasteiger partial charge in [-0.3, -0.25) is 0 Å². The first-order valence-corrected chi connectivity index (χ1v) is 11.9. The van der Waals surface area contributed by atoms with Crippen molar-refractivity contribution in [2.75, 3.05) is 0 Å². The summed E-state index contributed by atoms with van der Waals surface area (Å²) < 4.78 is 8.11. The van der Waals surface area contributed by atoms with Crippen LogP contribution in [0.5, 0.6) is 11.6 Å². The van der Waals surface area contributed by atoms with Crippen LogP contribution in [0.15, 0.2) is 84.9 Å². The molecule has 4 rings (SSSR count). The van der Waals surface area contributed by atoms with E-state index in [1.807, 2.05) is 106 Å². The van der Waals surface area contributed by atoms with Crippen LogP contribution < -0.4 is 10.1 Å². The van der Waals surface area contributed by atoms with Crippen LogP contribution in [0.25, 0.3) is 5.69 Å². The van der Waals surface area contributed by atoms with Gasteiger partial charge in [-0.2, -0.15) is 5.10 Å². The van der Waals surface area contributed by atoms with Crippen molar-refractivity contribution in [3.8, 4) is 17.3 Å². The molecule has 2 amide bonds. The molecule has 0 atom stereocenters. The number of carbonyl (C=O) groups is 1. The molecule has 6 nitrogen and oxygen atoms in total. The van der Waals surface area contributed by atoms with E-state index >= 15 is 0 Å². The lowest BCUT2D eigenvalue weighted by molar-refractivity contribution is 0.189. The molecule has 0 radical (unpaired) electrons. The van der Waals surface area contributed by atoms with Gasteiger partial charge in [0.1, 0.15) is 5.75 Å². The maximum absolute atomic E-state index is 13.2. The van der Waals surface area contributed by atoms with Crippen molar-refractivity contribution >= 4 is 17.6 Å². The predicted octanol–water partition coefficient (Wildman–Crippen LogP) is 6.75. The molecule has 0 saturated heterocycles. The molecule has 0 bridgehead atoms. The molecule has 7 heteroatoms. The number of para-hydroxylation sites is 1. The van der Waals surface area contributed by atoms with Crippen molar-refractivity contribution in [1.29, 1.82) is 0 Å². The Hall–Kier alpha value is -3.77. The number of nitrogens with zero attached hydrogens (tertiary/aromatic N) is 3. The number of hydrogen-bond donors (Lipinski definition) is 1. The average molecular weight is 489 g/mol. The number of halogens is 1. The lowest BCUT2D eigenvalue weighted by Gasteiger charge is -2.25. The highest BCUT2D eigenvalue weighted by atomic mass is 35.5. The first kappa shape index (κ1) is 24.4. The Bertz CT molecular complexity index is 1270. The Morgan fingerprint density at radius 1 is 1.00 bits per heavy atom. The lowest BCUT2D eigenvalue weighted by atomic mass is 10.2. The maximum Gasteiger partial charge on any atom is 0.318 e. The summed E-state index contributed by atoms with van der Waals surface area (Å²) in [7, 11) is 0. The number of ether oxygens (including phenoxy) is 1. The minimum atomic E-state index is -0.149. The van der Waals surface area contributed by atoms with Crippen LogP contribution in [0, 0.1) is 6.92 Å². The molecular formula is C28H29ClN4O2. The first-order chi connectivity index (χ1) is 16.9. The number of hydrogen-bond acceptors (Lipinski definition) is 3. The number of rotatable bonds is 8. The van der Waals surface area contributed by atoms with E-state index in [2.05, 4.69) is 5.32 Å². The van der Waals surface area contributed by atoms with Crippen molar-refractivity contribution in [3.05, 3.63) is 107 Å². The molecule has 35 heavy (non-hydrogen) atoms. The van der Waals surface area contributed by atoms with E-state index in [1.165, 1.54) is 0 Å². The lowest BCUT2D eigenvalue weighted by Crippen LogP contribution is -2.42. The molecule has 0 saturated carbocycles. The van der Waals surface area contributed by atoms with Crippen molar-refractivity contribution in [1.82, 2.24) is 20.0 Å². The van der Waals surface area contributed by atoms with E-state index in [9.17, 15) is 4.79 Å². The van der Waals surface area contributed by atoms with Crippen LogP contribution >= 0.6 is 11.6 Å². The highest BCUT2D eigenvalue weighted by Crippen LogP contribution is 2.32. The van der Waals surface area contributed by atoms with Gasteiger partial charge in [-0.05, 0) is 56.7 Å². The zero-order chi connectivity index (χ0) is 24.8. The molecular weight excluding hydrogens is 460 g/mol. The zero-order valence-corrected chi connectivity index (χ0v) is 20.9. The molecule has 0 aliphatic carbocycles. The molecule has 0 fully saturated rings. The Morgan fingerprint density at radius 2 is 1.69 bits per heavy atom. The van der Waals surface area contributed by atoms with E-state index in [-0.39, 0.29) is 12.1 Å². The average Bonchev–Trinajstić information content (AvgIpc) is 3.14. The Kier molecular flexibility index (Phi) is 7.73. The Balaban J connectivity index is 1.76. The van der Waals surface area contributed by atoms with Gasteiger partial charge in [-0.1, -0.05) is 66.2 Å². The summed E-state index contributed by atoms with van der Waals surface area (Å²) in [6.07, 6.45) is 0. The number of urea groups is 1. The minimum absolute atomic E-state index is 0.0103. The SMILES string of the molecule is Cc1nn(-c2cccc(Cl)c2)c(Oc2ccccc2)c1CN(Cc1ccccc1)C(=O)NC(C)C. The second-order valence-electron chi connectivity index (χ2n) is 8.62. The predicted molar refractivity (Wildman–Crippen MR) is 139 cm³/mol. The van der Waals surface area contributed by atoms with Gasteiger partial charge in [0, 0.05) is 17.6 Å². The van der Waals surface area contributed by atoms with Crippen molar-refractivity contribution < 1.29 is 9.53 Å². The largest absolute Gasteiger partial charge is 0.439 e. The van der Waals surface area contributed by atoms with Crippen LogP contribution in [0.4, 0.5) is 4.79 Å². The van der Waals surface area contributed by atoms with E-state index < -0.39 is 0 Å². The van der Waals surface area contributed by atoms with Gasteiger partial charge in [-0.15, -0.1) is 0 Å². The number of benzene rings is 3. The quantitative estimate of drug-likeness (QED) is 0.298. The van der Waals surface area contributed by atoms with Crippen LogP contribution in [-0.2, 0) is 13.1 Å². The maximum atomic E-state index is 13.2. The third kappa shape index (κ3) is 6.22. The summed E-state index contributed by atoms with van der Waals surface area (Å²) in [6, 6.07) is 26.8. The second kappa shape index (κ2) is 11.1. The van der Waals surface area contributed by atoms with Gasteiger partial charge >= 0.3 is 6.03 Å². The zero-order valence-electron chi connectivity index (χ0n) is 20.1. The van der Waals surface area contributed by atoms with Crippen LogP contribution in [0.3, 0.4) is 0 Å². The third-order valence-electron chi connectivity index (χ3n) is 5.41. The van der Waals surface area contributed by atoms with Gasteiger partial charge in [0.25, 0.3) is 0 Å². The molecule has 0 aliphatic rings. The van der Waals surface area contributed by atoms with Crippen LogP contribution in [0.2, 0.25) is 5.02 Å². The van der Waals surface area contributed by atoms with Gasteiger partial charge in [0.05, 0.1) is 23.5 Å². The summed E-state index contributed by atoms with van der Waals surface area (Å²) in [5.74, 6) is 1.23. The molecule has 180 valence electrons.